The highest BCUT2D eigenvalue weighted by Crippen LogP contribution is 2.68. The molecule has 7 nitrogen and oxygen atoms in total. The van der Waals surface area contributed by atoms with Gasteiger partial charge < -0.3 is 24.7 Å². The van der Waals surface area contributed by atoms with E-state index in [0.717, 1.165) is 6.42 Å². The van der Waals surface area contributed by atoms with Crippen LogP contribution in [0.5, 0.6) is 0 Å². The Hall–Kier alpha value is -0.0000000000000000416. The number of hydrogen-bond donors (Lipinski definition) is 5. The molecule has 9 heteroatoms. The third-order valence-electron chi connectivity index (χ3n) is 3.08. The highest BCUT2D eigenvalue weighted by atomic mass is 31.2. The Morgan fingerprint density at radius 3 is 1.89 bits per heavy atom. The summed E-state index contributed by atoms with van der Waals surface area (Å²) in [5.41, 5.74) is 0.352. The van der Waals surface area contributed by atoms with Crippen molar-refractivity contribution in [3.05, 3.63) is 11.6 Å². The molecule has 0 heterocycles. The van der Waals surface area contributed by atoms with E-state index >= 15 is 0 Å². The molecule has 0 amide bonds. The van der Waals surface area contributed by atoms with E-state index in [0.29, 0.717) is 24.5 Å². The minimum Gasteiger partial charge on any atom is -0.364 e. The lowest BCUT2D eigenvalue weighted by Crippen LogP contribution is -2.26. The molecule has 0 bridgehead atoms. The molecule has 1 saturated carbocycles. The van der Waals surface area contributed by atoms with E-state index in [2.05, 4.69) is 0 Å². The van der Waals surface area contributed by atoms with Crippen LogP contribution < -0.4 is 0 Å². The molecule has 0 saturated heterocycles. The van der Waals surface area contributed by atoms with Crippen molar-refractivity contribution < 1.29 is 33.8 Å². The van der Waals surface area contributed by atoms with E-state index in [1.807, 2.05) is 13.8 Å². The van der Waals surface area contributed by atoms with Crippen molar-refractivity contribution in [1.82, 2.24) is 0 Å². The van der Waals surface area contributed by atoms with Crippen LogP contribution in [0.25, 0.3) is 0 Å². The van der Waals surface area contributed by atoms with E-state index in [1.165, 1.54) is 0 Å². The molecule has 0 aliphatic heterocycles. The van der Waals surface area contributed by atoms with Gasteiger partial charge in [0.2, 0.25) is 0 Å². The lowest BCUT2D eigenvalue weighted by atomic mass is 9.92. The van der Waals surface area contributed by atoms with Gasteiger partial charge in [0.05, 0.1) is 0 Å². The molecule has 1 rings (SSSR count). The number of rotatable bonds is 3. The van der Waals surface area contributed by atoms with E-state index in [1.54, 1.807) is 0 Å². The van der Waals surface area contributed by atoms with Gasteiger partial charge in [-0.15, -0.1) is 0 Å². The Labute approximate surface area is 105 Å². The predicted molar refractivity (Wildman–Crippen MR) is 64.8 cm³/mol. The predicted octanol–water partition coefficient (Wildman–Crippen LogP) is 1.12. The second-order valence-electron chi connectivity index (χ2n) is 5.42. The summed E-state index contributed by atoms with van der Waals surface area (Å²) in [7, 11) is -10.8. The average molecular weight is 300 g/mol. The molecule has 0 unspecified atom stereocenters. The molecule has 106 valence electrons. The summed E-state index contributed by atoms with van der Waals surface area (Å²) in [5, 5.41) is 6.29. The van der Waals surface area contributed by atoms with Crippen LogP contribution in [0.15, 0.2) is 11.6 Å². The summed E-state index contributed by atoms with van der Waals surface area (Å²) in [6.45, 7) is 3.86. The fourth-order valence-electron chi connectivity index (χ4n) is 2.03. The molecule has 5 N–H and O–H groups in total. The van der Waals surface area contributed by atoms with Crippen LogP contribution in [0.3, 0.4) is 0 Å². The van der Waals surface area contributed by atoms with Crippen molar-refractivity contribution in [1.29, 1.82) is 0 Å². The Morgan fingerprint density at radius 1 is 1.17 bits per heavy atom. The minimum absolute atomic E-state index is 0.101. The van der Waals surface area contributed by atoms with Crippen molar-refractivity contribution in [3.63, 3.8) is 0 Å². The Morgan fingerprint density at radius 2 is 1.61 bits per heavy atom. The summed E-state index contributed by atoms with van der Waals surface area (Å²) in [6, 6.07) is 0. The molecular weight excluding hydrogens is 282 g/mol. The van der Waals surface area contributed by atoms with Crippen LogP contribution in [-0.4, -0.2) is 29.8 Å². The summed E-state index contributed by atoms with van der Waals surface area (Å²) in [4.78, 5) is 35.9. The Kier molecular flexibility index (Phi) is 4.04. The van der Waals surface area contributed by atoms with Gasteiger partial charge in [-0.25, -0.2) is 0 Å². The SMILES string of the molecule is CC1(C)CC/C(=C\C(O)(P(=O)(O)O)P(=O)(O)O)C1. The van der Waals surface area contributed by atoms with E-state index in [-0.39, 0.29) is 5.41 Å². The van der Waals surface area contributed by atoms with Gasteiger partial charge in [-0.2, -0.15) is 0 Å². The van der Waals surface area contributed by atoms with Crippen molar-refractivity contribution in [3.8, 4) is 0 Å². The molecule has 0 radical (unpaired) electrons. The second kappa shape index (κ2) is 4.53. The number of hydrogen-bond acceptors (Lipinski definition) is 3. The average Bonchev–Trinajstić information content (AvgIpc) is 2.41. The normalized spacial score (nSPS) is 23.6. The fraction of sp³-hybridized carbons (Fsp3) is 0.778. The molecule has 1 aliphatic carbocycles. The quantitative estimate of drug-likeness (QED) is 0.389. The second-order valence-corrected chi connectivity index (χ2v) is 9.31. The summed E-state index contributed by atoms with van der Waals surface area (Å²) in [6.07, 6.45) is 2.28. The number of aliphatic hydroxyl groups is 1. The fourth-order valence-corrected chi connectivity index (χ4v) is 4.08. The highest BCUT2D eigenvalue weighted by molar-refractivity contribution is 7.72. The molecular formula is C9H18O7P2. The van der Waals surface area contributed by atoms with Gasteiger partial charge in [0.15, 0.2) is 0 Å². The van der Waals surface area contributed by atoms with Gasteiger partial charge in [0.1, 0.15) is 0 Å². The summed E-state index contributed by atoms with van der Waals surface area (Å²) in [5.74, 6) is 0. The molecule has 18 heavy (non-hydrogen) atoms. The first-order chi connectivity index (χ1) is 7.79. The third kappa shape index (κ3) is 3.11. The molecule has 1 fully saturated rings. The largest absolute Gasteiger partial charge is 0.373 e. The zero-order valence-corrected chi connectivity index (χ0v) is 11.9. The summed E-state index contributed by atoms with van der Waals surface area (Å²) < 4.78 is 22.3. The molecule has 0 aromatic heterocycles. The first kappa shape index (κ1) is 16.1. The maximum atomic E-state index is 11.2. The lowest BCUT2D eigenvalue weighted by Gasteiger charge is -2.27. The number of allylic oxidation sites excluding steroid dienone is 1. The monoisotopic (exact) mass is 300 g/mol. The van der Waals surface area contributed by atoms with Crippen LogP contribution in [-0.2, 0) is 9.13 Å². The van der Waals surface area contributed by atoms with Crippen LogP contribution >= 0.6 is 15.2 Å². The van der Waals surface area contributed by atoms with Crippen molar-refractivity contribution in [2.45, 2.75) is 38.2 Å². The van der Waals surface area contributed by atoms with E-state index in [4.69, 9.17) is 19.6 Å². The summed E-state index contributed by atoms with van der Waals surface area (Å²) >= 11 is 0. The van der Waals surface area contributed by atoms with Crippen molar-refractivity contribution in [2.24, 2.45) is 5.41 Å². The zero-order chi connectivity index (χ0) is 14.4. The van der Waals surface area contributed by atoms with E-state index in [9.17, 15) is 14.2 Å². The molecule has 0 atom stereocenters. The lowest BCUT2D eigenvalue weighted by molar-refractivity contribution is 0.167. The van der Waals surface area contributed by atoms with Gasteiger partial charge >= 0.3 is 15.2 Å². The Bertz CT molecular complexity index is 434. The minimum atomic E-state index is -5.39. The van der Waals surface area contributed by atoms with E-state index < -0.39 is 20.3 Å². The van der Waals surface area contributed by atoms with Gasteiger partial charge in [0, 0.05) is 0 Å². The van der Waals surface area contributed by atoms with Crippen LogP contribution in [0.4, 0.5) is 0 Å². The van der Waals surface area contributed by atoms with Gasteiger partial charge in [-0.1, -0.05) is 19.4 Å². The van der Waals surface area contributed by atoms with Gasteiger partial charge in [0.25, 0.3) is 5.08 Å². The maximum absolute atomic E-state index is 11.2. The molecule has 0 spiro atoms. The van der Waals surface area contributed by atoms with Crippen LogP contribution in [0.1, 0.15) is 33.1 Å². The first-order valence-corrected chi connectivity index (χ1v) is 8.55. The van der Waals surface area contributed by atoms with Gasteiger partial charge in [-0.05, 0) is 30.8 Å². The van der Waals surface area contributed by atoms with Crippen LogP contribution in [0.2, 0.25) is 0 Å². The zero-order valence-electron chi connectivity index (χ0n) is 10.1. The van der Waals surface area contributed by atoms with Crippen LogP contribution in [0, 0.1) is 5.41 Å². The molecule has 0 aromatic carbocycles. The maximum Gasteiger partial charge on any atom is 0.373 e. The Balaban J connectivity index is 3.22. The van der Waals surface area contributed by atoms with Gasteiger partial charge in [-0.3, -0.25) is 9.13 Å². The molecule has 1 aliphatic rings. The van der Waals surface area contributed by atoms with Crippen molar-refractivity contribution in [2.75, 3.05) is 0 Å². The topological polar surface area (TPSA) is 135 Å². The first-order valence-electron chi connectivity index (χ1n) is 5.33. The smallest absolute Gasteiger partial charge is 0.364 e. The molecule has 0 aromatic rings. The van der Waals surface area contributed by atoms with Crippen molar-refractivity contribution >= 4 is 15.2 Å². The third-order valence-corrected chi connectivity index (χ3v) is 6.62. The standard InChI is InChI=1S/C9H18O7P2/c1-8(2)4-3-7(5-8)6-9(10,17(11,12)13)18(14,15)16/h6,10H,3-5H2,1-2H3,(H2,11,12,13)(H2,14,15,16)/b7-6+. The highest BCUT2D eigenvalue weighted by Gasteiger charge is 2.58.